The Morgan fingerprint density at radius 3 is 2.80 bits per heavy atom. The number of carbonyl (C=O) groups excluding carboxylic acids is 2. The number of rotatable bonds is 5. The molecule has 0 aliphatic carbocycles. The third-order valence-electron chi connectivity index (χ3n) is 3.99. The summed E-state index contributed by atoms with van der Waals surface area (Å²) < 4.78 is 0. The molecule has 5 heteroatoms. The predicted octanol–water partition coefficient (Wildman–Crippen LogP) is 0.669. The molecule has 2 heterocycles. The fraction of sp³-hybridized carbons (Fsp3) is 0.733. The summed E-state index contributed by atoms with van der Waals surface area (Å²) in [6, 6.07) is -0.327. The van der Waals surface area contributed by atoms with Crippen molar-refractivity contribution in [1.29, 1.82) is 0 Å². The van der Waals surface area contributed by atoms with Crippen molar-refractivity contribution in [2.75, 3.05) is 26.2 Å². The monoisotopic (exact) mass is 279 g/mol. The van der Waals surface area contributed by atoms with Gasteiger partial charge in [0, 0.05) is 26.1 Å². The van der Waals surface area contributed by atoms with E-state index in [1.165, 1.54) is 5.57 Å². The van der Waals surface area contributed by atoms with Crippen LogP contribution in [0.3, 0.4) is 0 Å². The zero-order valence-corrected chi connectivity index (χ0v) is 12.4. The number of likely N-dealkylation sites (tertiary alicyclic amines) is 1. The fourth-order valence-electron chi connectivity index (χ4n) is 2.90. The van der Waals surface area contributed by atoms with Gasteiger partial charge < -0.3 is 15.5 Å². The smallest absolute Gasteiger partial charge is 0.243 e. The van der Waals surface area contributed by atoms with Gasteiger partial charge in [-0.05, 0) is 25.3 Å². The highest BCUT2D eigenvalue weighted by Crippen LogP contribution is 2.19. The summed E-state index contributed by atoms with van der Waals surface area (Å²) in [5.74, 6) is 0.230. The Kier molecular flexibility index (Phi) is 5.17. The SMILES string of the molecule is CC(C)C(C(=O)NCC1=CCNCC1)N1CCCC1=O. The maximum atomic E-state index is 12.4. The largest absolute Gasteiger partial charge is 0.351 e. The first kappa shape index (κ1) is 15.0. The Morgan fingerprint density at radius 1 is 1.45 bits per heavy atom. The number of amides is 2. The molecule has 2 aliphatic heterocycles. The number of carbonyl (C=O) groups is 2. The highest BCUT2D eigenvalue weighted by molar-refractivity contribution is 5.88. The third kappa shape index (κ3) is 3.60. The summed E-state index contributed by atoms with van der Waals surface area (Å²) in [7, 11) is 0. The zero-order valence-electron chi connectivity index (χ0n) is 12.4. The molecule has 0 radical (unpaired) electrons. The van der Waals surface area contributed by atoms with Gasteiger partial charge in [0.2, 0.25) is 11.8 Å². The molecule has 20 heavy (non-hydrogen) atoms. The van der Waals surface area contributed by atoms with Crippen molar-refractivity contribution >= 4 is 11.8 Å². The molecule has 2 N–H and O–H groups in total. The standard InChI is InChI=1S/C15H25N3O2/c1-11(2)14(18-9-3-4-13(18)19)15(20)17-10-12-5-7-16-8-6-12/h5,11,14,16H,3-4,6-10H2,1-2H3,(H,17,20). The van der Waals surface area contributed by atoms with Crippen molar-refractivity contribution in [2.24, 2.45) is 5.92 Å². The van der Waals surface area contributed by atoms with Crippen molar-refractivity contribution < 1.29 is 9.59 Å². The van der Waals surface area contributed by atoms with E-state index >= 15 is 0 Å². The summed E-state index contributed by atoms with van der Waals surface area (Å²) in [5.41, 5.74) is 1.27. The Hall–Kier alpha value is -1.36. The lowest BCUT2D eigenvalue weighted by Gasteiger charge is -2.30. The molecule has 1 saturated heterocycles. The van der Waals surface area contributed by atoms with Gasteiger partial charge >= 0.3 is 0 Å². The molecule has 2 rings (SSSR count). The van der Waals surface area contributed by atoms with Crippen molar-refractivity contribution in [3.05, 3.63) is 11.6 Å². The maximum absolute atomic E-state index is 12.4. The van der Waals surface area contributed by atoms with Gasteiger partial charge in [-0.25, -0.2) is 0 Å². The van der Waals surface area contributed by atoms with E-state index in [1.54, 1.807) is 4.90 Å². The van der Waals surface area contributed by atoms with Crippen LogP contribution in [-0.2, 0) is 9.59 Å². The van der Waals surface area contributed by atoms with Crippen LogP contribution in [0.25, 0.3) is 0 Å². The van der Waals surface area contributed by atoms with Gasteiger partial charge in [-0.3, -0.25) is 9.59 Å². The second kappa shape index (κ2) is 6.88. The van der Waals surface area contributed by atoms with E-state index in [1.807, 2.05) is 13.8 Å². The van der Waals surface area contributed by atoms with E-state index in [0.717, 1.165) is 25.9 Å². The number of hydrogen-bond donors (Lipinski definition) is 2. The zero-order chi connectivity index (χ0) is 14.5. The van der Waals surface area contributed by atoms with Crippen LogP contribution in [-0.4, -0.2) is 48.9 Å². The van der Waals surface area contributed by atoms with Crippen LogP contribution >= 0.6 is 0 Å². The Balaban J connectivity index is 1.93. The van der Waals surface area contributed by atoms with Crippen molar-refractivity contribution in [1.82, 2.24) is 15.5 Å². The van der Waals surface area contributed by atoms with Gasteiger partial charge in [-0.15, -0.1) is 0 Å². The number of hydrogen-bond acceptors (Lipinski definition) is 3. The van der Waals surface area contributed by atoms with E-state index in [-0.39, 0.29) is 23.8 Å². The first-order valence-electron chi connectivity index (χ1n) is 7.55. The fourth-order valence-corrected chi connectivity index (χ4v) is 2.90. The second-order valence-corrected chi connectivity index (χ2v) is 5.91. The minimum Gasteiger partial charge on any atom is -0.351 e. The highest BCUT2D eigenvalue weighted by atomic mass is 16.2. The molecule has 0 aromatic carbocycles. The van der Waals surface area contributed by atoms with Gasteiger partial charge in [0.1, 0.15) is 6.04 Å². The second-order valence-electron chi connectivity index (χ2n) is 5.91. The van der Waals surface area contributed by atoms with Crippen LogP contribution in [0.15, 0.2) is 11.6 Å². The molecule has 112 valence electrons. The summed E-state index contributed by atoms with van der Waals surface area (Å²) in [6.45, 7) is 7.16. The topological polar surface area (TPSA) is 61.4 Å². The van der Waals surface area contributed by atoms with E-state index in [4.69, 9.17) is 0 Å². The van der Waals surface area contributed by atoms with Crippen LogP contribution in [0, 0.1) is 5.92 Å². The van der Waals surface area contributed by atoms with E-state index in [9.17, 15) is 9.59 Å². The minimum absolute atomic E-state index is 0.0188. The third-order valence-corrected chi connectivity index (χ3v) is 3.99. The van der Waals surface area contributed by atoms with Crippen LogP contribution in [0.4, 0.5) is 0 Å². The van der Waals surface area contributed by atoms with E-state index < -0.39 is 0 Å². The lowest BCUT2D eigenvalue weighted by atomic mass is 10.0. The molecule has 1 atom stereocenters. The van der Waals surface area contributed by atoms with Crippen LogP contribution in [0.1, 0.15) is 33.1 Å². The number of nitrogens with one attached hydrogen (secondary N) is 2. The molecular formula is C15H25N3O2. The molecular weight excluding hydrogens is 254 g/mol. The van der Waals surface area contributed by atoms with Crippen LogP contribution in [0.5, 0.6) is 0 Å². The van der Waals surface area contributed by atoms with Gasteiger partial charge in [0.25, 0.3) is 0 Å². The summed E-state index contributed by atoms with van der Waals surface area (Å²) in [6.07, 6.45) is 4.56. The Bertz CT molecular complexity index is 404. The molecule has 2 amide bonds. The van der Waals surface area contributed by atoms with Crippen LogP contribution in [0.2, 0.25) is 0 Å². The average molecular weight is 279 g/mol. The molecule has 1 unspecified atom stereocenters. The molecule has 0 spiro atoms. The molecule has 0 saturated carbocycles. The molecule has 0 aromatic heterocycles. The summed E-state index contributed by atoms with van der Waals surface area (Å²) in [5, 5.41) is 6.25. The minimum atomic E-state index is -0.327. The maximum Gasteiger partial charge on any atom is 0.243 e. The molecule has 2 aliphatic rings. The van der Waals surface area contributed by atoms with Crippen molar-refractivity contribution in [2.45, 2.75) is 39.2 Å². The van der Waals surface area contributed by atoms with E-state index in [0.29, 0.717) is 19.5 Å². The van der Waals surface area contributed by atoms with Gasteiger partial charge in [0.15, 0.2) is 0 Å². The first-order chi connectivity index (χ1) is 9.59. The lowest BCUT2D eigenvalue weighted by Crippen LogP contribution is -2.50. The lowest BCUT2D eigenvalue weighted by molar-refractivity contribution is -0.139. The molecule has 1 fully saturated rings. The average Bonchev–Trinajstić information content (AvgIpc) is 2.84. The van der Waals surface area contributed by atoms with Crippen molar-refractivity contribution in [3.63, 3.8) is 0 Å². The normalized spacial score (nSPS) is 21.1. The highest BCUT2D eigenvalue weighted by Gasteiger charge is 2.34. The van der Waals surface area contributed by atoms with E-state index in [2.05, 4.69) is 16.7 Å². The number of nitrogens with zero attached hydrogens (tertiary/aromatic N) is 1. The molecule has 0 aromatic rings. The van der Waals surface area contributed by atoms with Crippen LogP contribution < -0.4 is 10.6 Å². The quantitative estimate of drug-likeness (QED) is 0.727. The predicted molar refractivity (Wildman–Crippen MR) is 78.2 cm³/mol. The summed E-state index contributed by atoms with van der Waals surface area (Å²) >= 11 is 0. The molecule has 0 bridgehead atoms. The Morgan fingerprint density at radius 2 is 2.25 bits per heavy atom. The Labute approximate surface area is 120 Å². The molecule has 5 nitrogen and oxygen atoms in total. The van der Waals surface area contributed by atoms with Crippen molar-refractivity contribution in [3.8, 4) is 0 Å². The first-order valence-corrected chi connectivity index (χ1v) is 7.55. The summed E-state index contributed by atoms with van der Waals surface area (Å²) in [4.78, 5) is 26.0. The van der Waals surface area contributed by atoms with Gasteiger partial charge in [-0.2, -0.15) is 0 Å². The van der Waals surface area contributed by atoms with Gasteiger partial charge in [0.05, 0.1) is 0 Å². The van der Waals surface area contributed by atoms with Gasteiger partial charge in [-0.1, -0.05) is 25.5 Å².